The summed E-state index contributed by atoms with van der Waals surface area (Å²) in [6.45, 7) is 5.95. The minimum Gasteiger partial charge on any atom is -0.314 e. The Morgan fingerprint density at radius 1 is 1.44 bits per heavy atom. The van der Waals surface area contributed by atoms with E-state index in [1.54, 1.807) is 0 Å². The van der Waals surface area contributed by atoms with Gasteiger partial charge in [0.05, 0.1) is 6.04 Å². The summed E-state index contributed by atoms with van der Waals surface area (Å²) >= 11 is 3.42. The molecule has 2 rings (SSSR count). The number of halogens is 1. The van der Waals surface area contributed by atoms with E-state index in [0.717, 1.165) is 42.6 Å². The first-order chi connectivity index (χ1) is 8.72. The summed E-state index contributed by atoms with van der Waals surface area (Å²) in [5.41, 5.74) is 0.801. The average molecular weight is 311 g/mol. The molecule has 18 heavy (non-hydrogen) atoms. The first kappa shape index (κ1) is 13.7. The normalized spacial score (nSPS) is 18.6. The summed E-state index contributed by atoms with van der Waals surface area (Å²) in [5, 5.41) is 3.32. The molecule has 98 valence electrons. The highest BCUT2D eigenvalue weighted by Crippen LogP contribution is 2.17. The molecular formula is C14H19BrN2O. The van der Waals surface area contributed by atoms with Gasteiger partial charge in [-0.25, -0.2) is 0 Å². The van der Waals surface area contributed by atoms with Crippen LogP contribution in [-0.4, -0.2) is 42.9 Å². The lowest BCUT2D eigenvalue weighted by atomic mass is 10.0. The lowest BCUT2D eigenvalue weighted by Crippen LogP contribution is -2.51. The molecule has 0 bridgehead atoms. The number of rotatable bonds is 4. The smallest absolute Gasteiger partial charge is 0.179 e. The maximum absolute atomic E-state index is 12.5. The number of carbonyl (C=O) groups excluding carboxylic acids is 1. The van der Waals surface area contributed by atoms with Crippen LogP contribution in [0.25, 0.3) is 0 Å². The van der Waals surface area contributed by atoms with Crippen molar-refractivity contribution in [2.24, 2.45) is 0 Å². The summed E-state index contributed by atoms with van der Waals surface area (Å²) < 4.78 is 0.962. The molecule has 1 saturated heterocycles. The molecule has 3 nitrogen and oxygen atoms in total. The van der Waals surface area contributed by atoms with Gasteiger partial charge in [0.15, 0.2) is 5.78 Å². The average Bonchev–Trinajstić information content (AvgIpc) is 2.41. The van der Waals surface area contributed by atoms with Crippen LogP contribution in [0.15, 0.2) is 28.7 Å². The Morgan fingerprint density at radius 2 is 2.17 bits per heavy atom. The maximum atomic E-state index is 12.5. The number of carbonyl (C=O) groups is 1. The van der Waals surface area contributed by atoms with Crippen molar-refractivity contribution in [2.75, 3.05) is 26.2 Å². The van der Waals surface area contributed by atoms with Crippen molar-refractivity contribution in [3.8, 4) is 0 Å². The van der Waals surface area contributed by atoms with E-state index < -0.39 is 0 Å². The summed E-state index contributed by atoms with van der Waals surface area (Å²) in [5.74, 6) is 0.237. The molecule has 1 aliphatic heterocycles. The maximum Gasteiger partial charge on any atom is 0.179 e. The Morgan fingerprint density at radius 3 is 2.78 bits per heavy atom. The fraction of sp³-hybridized carbons (Fsp3) is 0.500. The molecule has 1 atom stereocenters. The van der Waals surface area contributed by atoms with Gasteiger partial charge in [0.25, 0.3) is 0 Å². The molecule has 1 heterocycles. The van der Waals surface area contributed by atoms with Crippen LogP contribution in [0, 0.1) is 0 Å². The van der Waals surface area contributed by atoms with Gasteiger partial charge in [0.2, 0.25) is 0 Å². The fourth-order valence-electron chi connectivity index (χ4n) is 2.44. The van der Waals surface area contributed by atoms with Gasteiger partial charge in [0, 0.05) is 36.2 Å². The molecule has 1 unspecified atom stereocenters. The van der Waals surface area contributed by atoms with Crippen LogP contribution in [0.2, 0.25) is 0 Å². The SMILES string of the molecule is CCC(C(=O)c1cccc(Br)c1)N1CCNCC1. The van der Waals surface area contributed by atoms with Gasteiger partial charge in [0.1, 0.15) is 0 Å². The molecule has 0 amide bonds. The third kappa shape index (κ3) is 3.19. The fourth-order valence-corrected chi connectivity index (χ4v) is 2.84. The van der Waals surface area contributed by atoms with Crippen LogP contribution in [0.4, 0.5) is 0 Å². The zero-order chi connectivity index (χ0) is 13.0. The van der Waals surface area contributed by atoms with E-state index in [0.29, 0.717) is 0 Å². The Kier molecular flexibility index (Phi) is 4.92. The van der Waals surface area contributed by atoms with Gasteiger partial charge in [-0.15, -0.1) is 0 Å². The van der Waals surface area contributed by atoms with Crippen LogP contribution in [-0.2, 0) is 0 Å². The highest BCUT2D eigenvalue weighted by Gasteiger charge is 2.26. The van der Waals surface area contributed by atoms with Gasteiger partial charge >= 0.3 is 0 Å². The van der Waals surface area contributed by atoms with Crippen molar-refractivity contribution in [2.45, 2.75) is 19.4 Å². The number of nitrogens with zero attached hydrogens (tertiary/aromatic N) is 1. The molecule has 1 aromatic rings. The van der Waals surface area contributed by atoms with Crippen LogP contribution < -0.4 is 5.32 Å². The number of hydrogen-bond acceptors (Lipinski definition) is 3. The number of hydrogen-bond donors (Lipinski definition) is 1. The van der Waals surface area contributed by atoms with E-state index in [2.05, 4.69) is 33.1 Å². The van der Waals surface area contributed by atoms with E-state index in [1.807, 2.05) is 24.3 Å². The Bertz CT molecular complexity index is 416. The number of nitrogens with one attached hydrogen (secondary N) is 1. The Hall–Kier alpha value is -0.710. The van der Waals surface area contributed by atoms with Crippen molar-refractivity contribution in [3.63, 3.8) is 0 Å². The molecule has 1 aromatic carbocycles. The molecule has 1 N–H and O–H groups in total. The van der Waals surface area contributed by atoms with Crippen LogP contribution in [0.5, 0.6) is 0 Å². The van der Waals surface area contributed by atoms with Crippen molar-refractivity contribution < 1.29 is 4.79 Å². The standard InChI is InChI=1S/C14H19BrN2O/c1-2-13(17-8-6-16-7-9-17)14(18)11-4-3-5-12(15)10-11/h3-5,10,13,16H,2,6-9H2,1H3. The van der Waals surface area contributed by atoms with E-state index in [9.17, 15) is 4.79 Å². The van der Waals surface area contributed by atoms with Gasteiger partial charge < -0.3 is 5.32 Å². The molecule has 1 fully saturated rings. The third-order valence-corrected chi connectivity index (χ3v) is 3.88. The molecule has 4 heteroatoms. The molecule has 0 radical (unpaired) electrons. The van der Waals surface area contributed by atoms with Crippen molar-refractivity contribution >= 4 is 21.7 Å². The molecule has 0 aliphatic carbocycles. The van der Waals surface area contributed by atoms with E-state index in [4.69, 9.17) is 0 Å². The van der Waals surface area contributed by atoms with Gasteiger partial charge in [-0.05, 0) is 18.6 Å². The number of ketones is 1. The van der Waals surface area contributed by atoms with E-state index in [1.165, 1.54) is 0 Å². The van der Waals surface area contributed by atoms with Gasteiger partial charge in [-0.2, -0.15) is 0 Å². The van der Waals surface area contributed by atoms with E-state index >= 15 is 0 Å². The second kappa shape index (κ2) is 6.45. The minimum absolute atomic E-state index is 0.0152. The lowest BCUT2D eigenvalue weighted by molar-refractivity contribution is 0.0790. The van der Waals surface area contributed by atoms with Crippen molar-refractivity contribution in [1.29, 1.82) is 0 Å². The van der Waals surface area contributed by atoms with E-state index in [-0.39, 0.29) is 11.8 Å². The Labute approximate surface area is 117 Å². The molecule has 0 aromatic heterocycles. The lowest BCUT2D eigenvalue weighted by Gasteiger charge is -2.33. The predicted octanol–water partition coefficient (Wildman–Crippen LogP) is 2.32. The second-order valence-corrected chi connectivity index (χ2v) is 5.50. The molecule has 0 saturated carbocycles. The van der Waals surface area contributed by atoms with Gasteiger partial charge in [-0.3, -0.25) is 9.69 Å². The summed E-state index contributed by atoms with van der Waals surface area (Å²) in [6.07, 6.45) is 0.866. The quantitative estimate of drug-likeness (QED) is 0.866. The second-order valence-electron chi connectivity index (χ2n) is 4.58. The van der Waals surface area contributed by atoms with Gasteiger partial charge in [-0.1, -0.05) is 35.0 Å². The molecule has 1 aliphatic rings. The molecule has 0 spiro atoms. The zero-order valence-electron chi connectivity index (χ0n) is 10.7. The monoisotopic (exact) mass is 310 g/mol. The third-order valence-electron chi connectivity index (χ3n) is 3.39. The first-order valence-electron chi connectivity index (χ1n) is 6.47. The minimum atomic E-state index is 0.0152. The number of benzene rings is 1. The molecular weight excluding hydrogens is 292 g/mol. The highest BCUT2D eigenvalue weighted by atomic mass is 79.9. The summed E-state index contributed by atoms with van der Waals surface area (Å²) in [6, 6.07) is 7.69. The van der Waals surface area contributed by atoms with Crippen LogP contribution >= 0.6 is 15.9 Å². The number of Topliss-reactive ketones (excluding diaryl/α,β-unsaturated/α-hetero) is 1. The van der Waals surface area contributed by atoms with Crippen LogP contribution in [0.3, 0.4) is 0 Å². The van der Waals surface area contributed by atoms with Crippen molar-refractivity contribution in [3.05, 3.63) is 34.3 Å². The first-order valence-corrected chi connectivity index (χ1v) is 7.26. The van der Waals surface area contributed by atoms with Crippen LogP contribution in [0.1, 0.15) is 23.7 Å². The zero-order valence-corrected chi connectivity index (χ0v) is 12.2. The predicted molar refractivity (Wildman–Crippen MR) is 77.0 cm³/mol. The summed E-state index contributed by atoms with van der Waals surface area (Å²) in [4.78, 5) is 14.8. The van der Waals surface area contributed by atoms with Crippen molar-refractivity contribution in [1.82, 2.24) is 10.2 Å². The number of piperazine rings is 1. The topological polar surface area (TPSA) is 32.3 Å². The highest BCUT2D eigenvalue weighted by molar-refractivity contribution is 9.10. The Balaban J connectivity index is 2.14. The summed E-state index contributed by atoms with van der Waals surface area (Å²) in [7, 11) is 0. The largest absolute Gasteiger partial charge is 0.314 e.